The maximum absolute atomic E-state index is 2.90. The molecule has 25 heavy (non-hydrogen) atoms. The van der Waals surface area contributed by atoms with Gasteiger partial charge in [0.1, 0.15) is 0 Å². The van der Waals surface area contributed by atoms with Crippen LogP contribution in [0.4, 0.5) is 0 Å². The van der Waals surface area contributed by atoms with Crippen molar-refractivity contribution in [2.75, 3.05) is 0 Å². The van der Waals surface area contributed by atoms with Gasteiger partial charge in [0.15, 0.2) is 0 Å². The smallest absolute Gasteiger partial charge is 0.271 e. The van der Waals surface area contributed by atoms with Crippen LogP contribution in [0, 0.1) is 5.92 Å². The van der Waals surface area contributed by atoms with Crippen LogP contribution in [0.3, 0.4) is 0 Å². The van der Waals surface area contributed by atoms with Gasteiger partial charge >= 0.3 is 0 Å². The van der Waals surface area contributed by atoms with Gasteiger partial charge in [-0.25, -0.2) is 0 Å². The Kier molecular flexibility index (Phi) is 6.52. The van der Waals surface area contributed by atoms with E-state index in [2.05, 4.69) is 21.1 Å². The molecule has 0 spiro atoms. The van der Waals surface area contributed by atoms with Crippen LogP contribution in [-0.4, -0.2) is 54.9 Å². The van der Waals surface area contributed by atoms with Crippen LogP contribution in [-0.2, 0) is 0 Å². The van der Waals surface area contributed by atoms with Crippen molar-refractivity contribution in [3.8, 4) is 0 Å². The molecule has 0 radical (unpaired) electrons. The molecular weight excluding hydrogens is 303 g/mol. The van der Waals surface area contributed by atoms with Gasteiger partial charge in [-0.3, -0.25) is 0 Å². The van der Waals surface area contributed by atoms with Gasteiger partial charge in [-0.15, -0.1) is 0 Å². The molecule has 4 rings (SSSR count). The van der Waals surface area contributed by atoms with Gasteiger partial charge in [0, 0.05) is 0 Å². The zero-order valence-electron chi connectivity index (χ0n) is 16.7. The van der Waals surface area contributed by atoms with Gasteiger partial charge in [0.2, 0.25) is 0 Å². The summed E-state index contributed by atoms with van der Waals surface area (Å²) in [7, 11) is 3.76. The van der Waals surface area contributed by atoms with Gasteiger partial charge in [0.25, 0.3) is 22.6 Å². The van der Waals surface area contributed by atoms with Crippen LogP contribution in [0.15, 0.2) is 0 Å². The lowest BCUT2D eigenvalue weighted by Gasteiger charge is -2.52. The van der Waals surface area contributed by atoms with Crippen molar-refractivity contribution in [1.82, 2.24) is 14.2 Å². The van der Waals surface area contributed by atoms with E-state index in [1.165, 1.54) is 113 Å². The summed E-state index contributed by atoms with van der Waals surface area (Å²) in [6, 6.07) is 2.56. The SMILES string of the molecule is CC1CCCCC1N1BN(C2CCCCC2)BN(C2CCCCC2)B1. The molecule has 1 aliphatic heterocycles. The van der Waals surface area contributed by atoms with E-state index < -0.39 is 0 Å². The summed E-state index contributed by atoms with van der Waals surface area (Å²) in [5.41, 5.74) is 0. The standard InChI is InChI=1S/C19H38B3N3/c1-16-10-8-9-15-19(16)25-21-23(17-11-4-2-5-12-17)20-24(22-25)18-13-6-3-7-14-18/h16-22H,2-15H2,1H3. The van der Waals surface area contributed by atoms with Gasteiger partial charge in [-0.05, 0) is 62.6 Å². The minimum absolute atomic E-state index is 0.839. The second-order valence-electron chi connectivity index (χ2n) is 9.60. The summed E-state index contributed by atoms with van der Waals surface area (Å²) in [6.07, 6.45) is 20.4. The first-order chi connectivity index (χ1) is 12.3. The van der Waals surface area contributed by atoms with E-state index in [1.807, 2.05) is 0 Å². The van der Waals surface area contributed by atoms with Crippen LogP contribution < -0.4 is 0 Å². The van der Waals surface area contributed by atoms with E-state index >= 15 is 0 Å². The quantitative estimate of drug-likeness (QED) is 0.731. The summed E-state index contributed by atoms with van der Waals surface area (Å²) in [4.78, 5) is 0. The first-order valence-corrected chi connectivity index (χ1v) is 11.5. The second-order valence-corrected chi connectivity index (χ2v) is 9.60. The minimum Gasteiger partial charge on any atom is -0.361 e. The monoisotopic (exact) mass is 341 g/mol. The lowest BCUT2D eigenvalue weighted by atomic mass is 9.65. The summed E-state index contributed by atoms with van der Waals surface area (Å²) in [5, 5.41) is 0. The fraction of sp³-hybridized carbons (Fsp3) is 1.00. The fourth-order valence-electron chi connectivity index (χ4n) is 6.24. The largest absolute Gasteiger partial charge is 0.361 e. The second kappa shape index (κ2) is 8.84. The highest BCUT2D eigenvalue weighted by atomic mass is 15.3. The predicted octanol–water partition coefficient (Wildman–Crippen LogP) is 2.95. The Morgan fingerprint density at radius 3 is 1.48 bits per heavy atom. The normalized spacial score (nSPS) is 34.9. The lowest BCUT2D eigenvalue weighted by Crippen LogP contribution is -2.68. The van der Waals surface area contributed by atoms with Crippen LogP contribution in [0.25, 0.3) is 0 Å². The van der Waals surface area contributed by atoms with Crippen molar-refractivity contribution in [2.45, 2.75) is 115 Å². The van der Waals surface area contributed by atoms with Crippen LogP contribution in [0.1, 0.15) is 96.8 Å². The Hall–Kier alpha value is 0.0748. The third-order valence-corrected chi connectivity index (χ3v) is 7.81. The van der Waals surface area contributed by atoms with E-state index in [-0.39, 0.29) is 0 Å². The lowest BCUT2D eigenvalue weighted by molar-refractivity contribution is 0.215. The molecule has 3 nitrogen and oxygen atoms in total. The van der Waals surface area contributed by atoms with Crippen molar-refractivity contribution in [1.29, 1.82) is 0 Å². The van der Waals surface area contributed by atoms with E-state index in [0.29, 0.717) is 0 Å². The molecule has 0 bridgehead atoms. The minimum atomic E-state index is 0.839. The molecule has 0 aromatic carbocycles. The number of nitrogens with zero attached hydrogens (tertiary/aromatic N) is 3. The Morgan fingerprint density at radius 1 is 0.520 bits per heavy atom. The molecule has 1 heterocycles. The summed E-state index contributed by atoms with van der Waals surface area (Å²) in [5.74, 6) is 0.897. The van der Waals surface area contributed by atoms with Crippen LogP contribution >= 0.6 is 0 Å². The molecular formula is C19H38B3N3. The van der Waals surface area contributed by atoms with Crippen molar-refractivity contribution in [3.63, 3.8) is 0 Å². The maximum atomic E-state index is 2.90. The summed E-state index contributed by atoms with van der Waals surface area (Å²) < 4.78 is 8.67. The van der Waals surface area contributed by atoms with Crippen molar-refractivity contribution in [2.24, 2.45) is 5.92 Å². The van der Waals surface area contributed by atoms with Gasteiger partial charge in [0.05, 0.1) is 0 Å². The molecule has 3 aliphatic carbocycles. The first-order valence-electron chi connectivity index (χ1n) is 11.5. The molecule has 0 aromatic rings. The van der Waals surface area contributed by atoms with Crippen molar-refractivity contribution >= 4 is 22.6 Å². The predicted molar refractivity (Wildman–Crippen MR) is 112 cm³/mol. The first kappa shape index (κ1) is 18.4. The fourth-order valence-corrected chi connectivity index (χ4v) is 6.24. The van der Waals surface area contributed by atoms with Crippen LogP contribution in [0.5, 0.6) is 0 Å². The Morgan fingerprint density at radius 2 is 0.960 bits per heavy atom. The highest BCUT2D eigenvalue weighted by molar-refractivity contribution is 6.65. The molecule has 2 atom stereocenters. The molecule has 138 valence electrons. The van der Waals surface area contributed by atoms with Crippen LogP contribution in [0.2, 0.25) is 0 Å². The third kappa shape index (κ3) is 4.50. The molecule has 3 saturated carbocycles. The van der Waals surface area contributed by atoms with Gasteiger partial charge < -0.3 is 14.2 Å². The Labute approximate surface area is 158 Å². The molecule has 0 aromatic heterocycles. The summed E-state index contributed by atoms with van der Waals surface area (Å²) in [6.45, 7) is 2.52. The number of hydrogen-bond acceptors (Lipinski definition) is 3. The van der Waals surface area contributed by atoms with Gasteiger partial charge in [-0.1, -0.05) is 58.3 Å². The maximum Gasteiger partial charge on any atom is 0.271 e. The Balaban J connectivity index is 1.47. The zero-order chi connectivity index (χ0) is 17.1. The average molecular weight is 341 g/mol. The molecule has 1 saturated heterocycles. The summed E-state index contributed by atoms with van der Waals surface area (Å²) >= 11 is 0. The van der Waals surface area contributed by atoms with E-state index in [1.54, 1.807) is 0 Å². The number of rotatable bonds is 3. The average Bonchev–Trinajstić information content (AvgIpc) is 2.69. The zero-order valence-corrected chi connectivity index (χ0v) is 16.7. The van der Waals surface area contributed by atoms with E-state index in [9.17, 15) is 0 Å². The molecule has 6 heteroatoms. The van der Waals surface area contributed by atoms with Crippen molar-refractivity contribution in [3.05, 3.63) is 0 Å². The number of hydrogen-bond donors (Lipinski definition) is 0. The van der Waals surface area contributed by atoms with Gasteiger partial charge in [-0.2, -0.15) is 0 Å². The molecule has 2 unspecified atom stereocenters. The topological polar surface area (TPSA) is 9.72 Å². The third-order valence-electron chi connectivity index (χ3n) is 7.81. The Bertz CT molecular complexity index is 387. The molecule has 4 aliphatic rings. The van der Waals surface area contributed by atoms with E-state index in [0.717, 1.165) is 24.0 Å². The molecule has 4 fully saturated rings. The van der Waals surface area contributed by atoms with E-state index in [4.69, 9.17) is 0 Å². The van der Waals surface area contributed by atoms with Crippen molar-refractivity contribution < 1.29 is 0 Å². The highest BCUT2D eigenvalue weighted by Crippen LogP contribution is 2.31. The molecule has 0 amide bonds. The highest BCUT2D eigenvalue weighted by Gasteiger charge is 2.39. The molecule has 0 N–H and O–H groups in total.